The molecule has 0 aliphatic carbocycles. The third kappa shape index (κ3) is 4.14. The number of anilines is 1. The highest BCUT2D eigenvalue weighted by atomic mass is 35.5. The van der Waals surface area contributed by atoms with E-state index in [0.29, 0.717) is 10.0 Å². The van der Waals surface area contributed by atoms with Crippen LogP contribution in [0.2, 0.25) is 5.15 Å². The molecule has 5 nitrogen and oxygen atoms in total. The van der Waals surface area contributed by atoms with Crippen molar-refractivity contribution < 1.29 is 14.6 Å². The minimum absolute atomic E-state index is 0.152. The topological polar surface area (TPSA) is 71.5 Å². The van der Waals surface area contributed by atoms with Gasteiger partial charge in [-0.25, -0.2) is 9.78 Å². The minimum atomic E-state index is -0.483. The number of hydrogen-bond donors (Lipinski definition) is 2. The largest absolute Gasteiger partial charge is 0.465 e. The average Bonchev–Trinajstić information content (AvgIpc) is 2.66. The molecule has 1 unspecified atom stereocenters. The number of carbonyl (C=O) groups excluding carboxylic acids is 1. The molecule has 96 valence electrons. The molecule has 0 bridgehead atoms. The number of aliphatic hydroxyl groups excluding tert-OH is 1. The first-order valence-electron chi connectivity index (χ1n) is 5.20. The Hall–Kier alpha value is -0.850. The van der Waals surface area contributed by atoms with Gasteiger partial charge in [0, 0.05) is 12.6 Å². The molecule has 0 fully saturated rings. The predicted octanol–water partition coefficient (Wildman–Crippen LogP) is 2.16. The van der Waals surface area contributed by atoms with E-state index < -0.39 is 5.97 Å². The number of aliphatic hydroxyl groups is 1. The fourth-order valence-corrected chi connectivity index (χ4v) is 2.48. The summed E-state index contributed by atoms with van der Waals surface area (Å²) in [7, 11) is 1.30. The van der Waals surface area contributed by atoms with Gasteiger partial charge in [0.2, 0.25) is 0 Å². The van der Waals surface area contributed by atoms with Gasteiger partial charge < -0.3 is 15.2 Å². The van der Waals surface area contributed by atoms with Crippen molar-refractivity contribution in [1.82, 2.24) is 4.98 Å². The van der Waals surface area contributed by atoms with Crippen molar-refractivity contribution in [2.45, 2.75) is 25.8 Å². The van der Waals surface area contributed by atoms with E-state index in [0.717, 1.165) is 24.2 Å². The SMILES string of the molecule is COC(=O)c1sc(NC(C)CCCO)nc1Cl. The van der Waals surface area contributed by atoms with Crippen LogP contribution in [0.25, 0.3) is 0 Å². The monoisotopic (exact) mass is 278 g/mol. The van der Waals surface area contributed by atoms with Gasteiger partial charge in [-0.3, -0.25) is 0 Å². The van der Waals surface area contributed by atoms with Gasteiger partial charge >= 0.3 is 5.97 Å². The molecule has 1 rings (SSSR count). The van der Waals surface area contributed by atoms with Crippen LogP contribution in [0.3, 0.4) is 0 Å². The van der Waals surface area contributed by atoms with Gasteiger partial charge in [-0.15, -0.1) is 0 Å². The molecule has 0 spiro atoms. The Morgan fingerprint density at radius 1 is 1.71 bits per heavy atom. The van der Waals surface area contributed by atoms with Gasteiger partial charge in [0.15, 0.2) is 15.2 Å². The second-order valence-corrected chi connectivity index (χ2v) is 4.90. The lowest BCUT2D eigenvalue weighted by Gasteiger charge is -2.11. The molecule has 0 aromatic carbocycles. The second-order valence-electron chi connectivity index (χ2n) is 3.54. The number of aromatic nitrogens is 1. The molecule has 1 atom stereocenters. The molecule has 7 heteroatoms. The van der Waals surface area contributed by atoms with E-state index in [1.165, 1.54) is 7.11 Å². The zero-order valence-electron chi connectivity index (χ0n) is 9.70. The van der Waals surface area contributed by atoms with Crippen LogP contribution >= 0.6 is 22.9 Å². The van der Waals surface area contributed by atoms with E-state index in [1.54, 1.807) is 0 Å². The van der Waals surface area contributed by atoms with Gasteiger partial charge in [0.05, 0.1) is 7.11 Å². The lowest BCUT2D eigenvalue weighted by Crippen LogP contribution is -2.15. The molecule has 0 aliphatic heterocycles. The van der Waals surface area contributed by atoms with Gasteiger partial charge in [-0.2, -0.15) is 0 Å². The van der Waals surface area contributed by atoms with Crippen LogP contribution in [0.1, 0.15) is 29.4 Å². The molecule has 0 radical (unpaired) electrons. The van der Waals surface area contributed by atoms with Gasteiger partial charge in [0.25, 0.3) is 0 Å². The summed E-state index contributed by atoms with van der Waals surface area (Å²) in [6.45, 7) is 2.14. The van der Waals surface area contributed by atoms with Crippen molar-refractivity contribution in [3.63, 3.8) is 0 Å². The highest BCUT2D eigenvalue weighted by molar-refractivity contribution is 7.18. The van der Waals surface area contributed by atoms with Crippen LogP contribution in [0.15, 0.2) is 0 Å². The first kappa shape index (κ1) is 14.2. The minimum Gasteiger partial charge on any atom is -0.465 e. The van der Waals surface area contributed by atoms with E-state index in [1.807, 2.05) is 6.92 Å². The summed E-state index contributed by atoms with van der Waals surface area (Å²) in [5, 5.41) is 12.6. The lowest BCUT2D eigenvalue weighted by atomic mass is 10.2. The van der Waals surface area contributed by atoms with Crippen molar-refractivity contribution in [2.75, 3.05) is 19.0 Å². The second kappa shape index (κ2) is 6.78. The number of ether oxygens (including phenoxy) is 1. The molecule has 0 aliphatic rings. The van der Waals surface area contributed by atoms with Crippen LogP contribution in [0.4, 0.5) is 5.13 Å². The number of thiazole rings is 1. The van der Waals surface area contributed by atoms with Crippen molar-refractivity contribution in [2.24, 2.45) is 0 Å². The summed E-state index contributed by atoms with van der Waals surface area (Å²) in [6.07, 6.45) is 1.54. The zero-order valence-corrected chi connectivity index (χ0v) is 11.3. The molecule has 1 heterocycles. The molecule has 2 N–H and O–H groups in total. The summed E-state index contributed by atoms with van der Waals surface area (Å²) >= 11 is 6.99. The smallest absolute Gasteiger partial charge is 0.351 e. The highest BCUT2D eigenvalue weighted by Crippen LogP contribution is 2.28. The van der Waals surface area contributed by atoms with E-state index >= 15 is 0 Å². The fraction of sp³-hybridized carbons (Fsp3) is 0.600. The van der Waals surface area contributed by atoms with Gasteiger partial charge in [-0.1, -0.05) is 22.9 Å². The number of esters is 1. The van der Waals surface area contributed by atoms with Crippen LogP contribution in [0, 0.1) is 0 Å². The summed E-state index contributed by atoms with van der Waals surface area (Å²) in [6, 6.07) is 0.162. The quantitative estimate of drug-likeness (QED) is 0.780. The average molecular weight is 279 g/mol. The molecular weight excluding hydrogens is 264 g/mol. The molecule has 0 amide bonds. The van der Waals surface area contributed by atoms with Crippen molar-refractivity contribution >= 4 is 34.0 Å². The Labute approximate surface area is 109 Å². The maximum atomic E-state index is 11.3. The van der Waals surface area contributed by atoms with Crippen molar-refractivity contribution in [1.29, 1.82) is 0 Å². The lowest BCUT2D eigenvalue weighted by molar-refractivity contribution is 0.0606. The maximum Gasteiger partial charge on any atom is 0.351 e. The van der Waals surface area contributed by atoms with Crippen LogP contribution in [-0.2, 0) is 4.74 Å². The summed E-state index contributed by atoms with van der Waals surface area (Å²) in [5.74, 6) is -0.483. The summed E-state index contributed by atoms with van der Waals surface area (Å²) in [5.41, 5.74) is 0. The molecule has 17 heavy (non-hydrogen) atoms. The summed E-state index contributed by atoms with van der Waals surface area (Å²) < 4.78 is 4.59. The molecule has 1 aromatic heterocycles. The number of rotatable bonds is 6. The van der Waals surface area contributed by atoms with E-state index in [4.69, 9.17) is 16.7 Å². The Kier molecular flexibility index (Phi) is 5.67. The number of carbonyl (C=O) groups is 1. The van der Waals surface area contributed by atoms with Crippen molar-refractivity contribution in [3.8, 4) is 0 Å². The normalized spacial score (nSPS) is 12.2. The van der Waals surface area contributed by atoms with E-state index in [-0.39, 0.29) is 17.8 Å². The Balaban J connectivity index is 2.63. The fourth-order valence-electron chi connectivity index (χ4n) is 1.26. The third-order valence-electron chi connectivity index (χ3n) is 2.12. The first-order chi connectivity index (χ1) is 8.08. The van der Waals surface area contributed by atoms with Gasteiger partial charge in [-0.05, 0) is 19.8 Å². The van der Waals surface area contributed by atoms with Crippen LogP contribution in [-0.4, -0.2) is 35.8 Å². The van der Waals surface area contributed by atoms with Crippen molar-refractivity contribution in [3.05, 3.63) is 10.0 Å². The number of nitrogens with one attached hydrogen (secondary N) is 1. The third-order valence-corrected chi connectivity index (χ3v) is 3.47. The van der Waals surface area contributed by atoms with Crippen LogP contribution in [0.5, 0.6) is 0 Å². The standard InChI is InChI=1S/C10H15ClN2O3S/c1-6(4-3-5-14)12-10-13-8(11)7(17-10)9(15)16-2/h6,14H,3-5H2,1-2H3,(H,12,13). The number of hydrogen-bond acceptors (Lipinski definition) is 6. The molecular formula is C10H15ClN2O3S. The van der Waals surface area contributed by atoms with E-state index in [9.17, 15) is 4.79 Å². The Morgan fingerprint density at radius 3 is 3.00 bits per heavy atom. The zero-order chi connectivity index (χ0) is 12.8. The molecule has 0 saturated heterocycles. The number of halogens is 1. The van der Waals surface area contributed by atoms with Gasteiger partial charge in [0.1, 0.15) is 0 Å². The number of nitrogens with zero attached hydrogens (tertiary/aromatic N) is 1. The Morgan fingerprint density at radius 2 is 2.41 bits per heavy atom. The maximum absolute atomic E-state index is 11.3. The first-order valence-corrected chi connectivity index (χ1v) is 6.40. The predicted molar refractivity (Wildman–Crippen MR) is 67.9 cm³/mol. The summed E-state index contributed by atoms with van der Waals surface area (Å²) in [4.78, 5) is 15.6. The van der Waals surface area contributed by atoms with E-state index in [2.05, 4.69) is 15.0 Å². The molecule has 1 aromatic rings. The Bertz CT molecular complexity index is 384. The van der Waals surface area contributed by atoms with Crippen LogP contribution < -0.4 is 5.32 Å². The molecule has 0 saturated carbocycles. The number of methoxy groups -OCH3 is 1. The highest BCUT2D eigenvalue weighted by Gasteiger charge is 2.17.